The molecular weight excluding hydrogens is 328 g/mol. The fourth-order valence-corrected chi connectivity index (χ4v) is 2.74. The number of carbonyl (C=O) groups is 1. The molecule has 0 bridgehead atoms. The normalized spacial score (nSPS) is 12.1. The summed E-state index contributed by atoms with van der Waals surface area (Å²) in [5.74, 6) is -0.319. The third-order valence-electron chi connectivity index (χ3n) is 2.54. The highest BCUT2D eigenvalue weighted by Crippen LogP contribution is 2.17. The predicted octanol–water partition coefficient (Wildman–Crippen LogP) is 1.74. The first-order valence-corrected chi connectivity index (χ1v) is 8.47. The predicted molar refractivity (Wildman–Crippen MR) is 80.5 cm³/mol. The second kappa shape index (κ2) is 6.86. The van der Waals surface area contributed by atoms with Crippen LogP contribution in [0.15, 0.2) is 39.3 Å². The molecule has 0 atom stereocenters. The highest BCUT2D eigenvalue weighted by Gasteiger charge is 2.21. The Bertz CT molecular complexity index is 760. The van der Waals surface area contributed by atoms with Crippen LogP contribution in [-0.4, -0.2) is 37.8 Å². The van der Waals surface area contributed by atoms with Gasteiger partial charge >= 0.3 is 5.97 Å². The molecule has 118 valence electrons. The van der Waals surface area contributed by atoms with E-state index in [0.29, 0.717) is 5.01 Å². The molecule has 2 aromatic heterocycles. The molecule has 0 fully saturated rings. The molecule has 0 unspecified atom stereocenters. The van der Waals surface area contributed by atoms with E-state index in [1.807, 2.05) is 0 Å². The Morgan fingerprint density at radius 3 is 2.86 bits per heavy atom. The summed E-state index contributed by atoms with van der Waals surface area (Å²) in [5.41, 5.74) is 0. The van der Waals surface area contributed by atoms with Crippen molar-refractivity contribution in [3.8, 4) is 0 Å². The van der Waals surface area contributed by atoms with Crippen LogP contribution in [0.5, 0.6) is 0 Å². The lowest BCUT2D eigenvalue weighted by atomic mass is 10.5. The average Bonchev–Trinajstić information content (AvgIpc) is 3.14. The maximum absolute atomic E-state index is 11.8. The molecule has 2 rings (SSSR count). The van der Waals surface area contributed by atoms with Crippen molar-refractivity contribution >= 4 is 33.4 Å². The monoisotopic (exact) mass is 342 g/mol. The van der Waals surface area contributed by atoms with E-state index < -0.39 is 16.0 Å². The Morgan fingerprint density at radius 1 is 1.45 bits per heavy atom. The molecule has 0 spiro atoms. The second-order valence-corrected chi connectivity index (χ2v) is 7.33. The van der Waals surface area contributed by atoms with Crippen LogP contribution < -0.4 is 0 Å². The number of carbonyl (C=O) groups excluding carboxylic acids is 1. The largest absolute Gasteiger partial charge is 0.454 e. The van der Waals surface area contributed by atoms with Crippen LogP contribution in [0.4, 0.5) is 0 Å². The first-order chi connectivity index (χ1) is 10.4. The minimum atomic E-state index is -3.63. The fraction of sp³-hybridized carbons (Fsp3) is 0.231. The molecule has 0 saturated carbocycles. The lowest BCUT2D eigenvalue weighted by Gasteiger charge is -2.07. The second-order valence-electron chi connectivity index (χ2n) is 4.32. The number of aromatic nitrogens is 1. The maximum Gasteiger partial charge on any atom is 0.331 e. The van der Waals surface area contributed by atoms with E-state index in [9.17, 15) is 13.2 Å². The molecule has 2 heterocycles. The van der Waals surface area contributed by atoms with Crippen molar-refractivity contribution in [3.63, 3.8) is 0 Å². The number of sulfonamides is 1. The zero-order chi connectivity index (χ0) is 16.2. The fourth-order valence-electron chi connectivity index (χ4n) is 1.40. The molecule has 9 heteroatoms. The van der Waals surface area contributed by atoms with Gasteiger partial charge < -0.3 is 9.15 Å². The van der Waals surface area contributed by atoms with E-state index in [1.165, 1.54) is 49.7 Å². The maximum atomic E-state index is 11.8. The van der Waals surface area contributed by atoms with Crippen LogP contribution in [0, 0.1) is 0 Å². The molecule has 0 N–H and O–H groups in total. The van der Waals surface area contributed by atoms with Gasteiger partial charge in [-0.1, -0.05) is 0 Å². The molecule has 22 heavy (non-hydrogen) atoms. The van der Waals surface area contributed by atoms with Gasteiger partial charge in [-0.3, -0.25) is 0 Å². The van der Waals surface area contributed by atoms with Crippen LogP contribution >= 0.6 is 11.3 Å². The molecule has 0 aliphatic carbocycles. The lowest BCUT2D eigenvalue weighted by Crippen LogP contribution is -2.21. The van der Waals surface area contributed by atoms with E-state index >= 15 is 0 Å². The Morgan fingerprint density at radius 2 is 2.23 bits per heavy atom. The van der Waals surface area contributed by atoms with Crippen LogP contribution in [0.1, 0.15) is 10.8 Å². The standard InChI is InChI=1S/C13H14N2O5S2/c1-15(2)22(17,18)13-6-3-10(20-13)9-19-12(16)5-4-11-14-7-8-21-11/h3-8H,9H2,1-2H3/b5-4+. The van der Waals surface area contributed by atoms with Crippen molar-refractivity contribution in [1.29, 1.82) is 0 Å². The van der Waals surface area contributed by atoms with Crippen LogP contribution in [0.25, 0.3) is 6.08 Å². The summed E-state index contributed by atoms with van der Waals surface area (Å²) in [7, 11) is -0.822. The summed E-state index contributed by atoms with van der Waals surface area (Å²) in [6.07, 6.45) is 4.42. The van der Waals surface area contributed by atoms with Gasteiger partial charge in [0.05, 0.1) is 0 Å². The molecule has 0 aliphatic heterocycles. The van der Waals surface area contributed by atoms with E-state index in [4.69, 9.17) is 9.15 Å². The highest BCUT2D eigenvalue weighted by atomic mass is 32.2. The number of hydrogen-bond donors (Lipinski definition) is 0. The number of hydrogen-bond acceptors (Lipinski definition) is 7. The molecule has 0 aromatic carbocycles. The van der Waals surface area contributed by atoms with Crippen molar-refractivity contribution in [2.24, 2.45) is 0 Å². The van der Waals surface area contributed by atoms with Gasteiger partial charge in [-0.2, -0.15) is 0 Å². The Balaban J connectivity index is 1.93. The molecule has 0 amide bonds. The number of nitrogens with zero attached hydrogens (tertiary/aromatic N) is 2. The van der Waals surface area contributed by atoms with E-state index in [-0.39, 0.29) is 17.5 Å². The van der Waals surface area contributed by atoms with Crippen molar-refractivity contribution < 1.29 is 22.4 Å². The van der Waals surface area contributed by atoms with Gasteiger partial charge in [0.25, 0.3) is 10.0 Å². The van der Waals surface area contributed by atoms with Gasteiger partial charge in [-0.15, -0.1) is 11.3 Å². The molecule has 0 radical (unpaired) electrons. The van der Waals surface area contributed by atoms with Gasteiger partial charge in [0.15, 0.2) is 0 Å². The minimum absolute atomic E-state index is 0.149. The van der Waals surface area contributed by atoms with Crippen LogP contribution in [0.2, 0.25) is 0 Å². The Labute approximate surface area is 131 Å². The first kappa shape index (κ1) is 16.4. The van der Waals surface area contributed by atoms with Crippen molar-refractivity contribution in [2.75, 3.05) is 14.1 Å². The smallest absolute Gasteiger partial charge is 0.331 e. The van der Waals surface area contributed by atoms with Gasteiger partial charge in [0.1, 0.15) is 17.4 Å². The zero-order valence-corrected chi connectivity index (χ0v) is 13.6. The number of thiazole rings is 1. The van der Waals surface area contributed by atoms with Crippen LogP contribution in [0.3, 0.4) is 0 Å². The molecule has 0 aliphatic rings. The molecule has 7 nitrogen and oxygen atoms in total. The lowest BCUT2D eigenvalue weighted by molar-refractivity contribution is -0.139. The van der Waals surface area contributed by atoms with E-state index in [1.54, 1.807) is 11.6 Å². The first-order valence-electron chi connectivity index (χ1n) is 6.15. The summed E-state index contributed by atoms with van der Waals surface area (Å²) in [6.45, 7) is -0.149. The summed E-state index contributed by atoms with van der Waals surface area (Å²) in [4.78, 5) is 15.5. The molecule has 0 saturated heterocycles. The van der Waals surface area contributed by atoms with Crippen molar-refractivity contribution in [2.45, 2.75) is 11.7 Å². The van der Waals surface area contributed by atoms with Crippen molar-refractivity contribution in [1.82, 2.24) is 9.29 Å². The van der Waals surface area contributed by atoms with Crippen LogP contribution in [-0.2, 0) is 26.2 Å². The van der Waals surface area contributed by atoms with E-state index in [2.05, 4.69) is 4.98 Å². The third kappa shape index (κ3) is 4.03. The topological polar surface area (TPSA) is 89.7 Å². The Kier molecular flexibility index (Phi) is 5.11. The van der Waals surface area contributed by atoms with Gasteiger partial charge in [0.2, 0.25) is 5.09 Å². The summed E-state index contributed by atoms with van der Waals surface area (Å²) in [5, 5.41) is 2.29. The molecular formula is C13H14N2O5S2. The SMILES string of the molecule is CN(C)S(=O)(=O)c1ccc(COC(=O)/C=C/c2nccs2)o1. The summed E-state index contributed by atoms with van der Waals surface area (Å²) >= 11 is 1.39. The summed E-state index contributed by atoms with van der Waals surface area (Å²) < 4.78 is 34.8. The highest BCUT2D eigenvalue weighted by molar-refractivity contribution is 7.88. The summed E-state index contributed by atoms with van der Waals surface area (Å²) in [6, 6.07) is 2.78. The van der Waals surface area contributed by atoms with E-state index in [0.717, 1.165) is 4.31 Å². The Hall–Kier alpha value is -1.97. The third-order valence-corrected chi connectivity index (χ3v) is 4.97. The average molecular weight is 342 g/mol. The quantitative estimate of drug-likeness (QED) is 0.587. The number of ether oxygens (including phenoxy) is 1. The van der Waals surface area contributed by atoms with Gasteiger partial charge in [0, 0.05) is 31.7 Å². The molecule has 2 aromatic rings. The number of esters is 1. The number of rotatable bonds is 6. The number of furan rings is 1. The minimum Gasteiger partial charge on any atom is -0.454 e. The van der Waals surface area contributed by atoms with Gasteiger partial charge in [-0.05, 0) is 18.2 Å². The zero-order valence-electron chi connectivity index (χ0n) is 11.9. The van der Waals surface area contributed by atoms with Gasteiger partial charge in [-0.25, -0.2) is 22.5 Å². The van der Waals surface area contributed by atoms with Crippen molar-refractivity contribution in [3.05, 3.63) is 40.6 Å².